The molecule has 0 amide bonds. The van der Waals surface area contributed by atoms with Crippen molar-refractivity contribution in [3.05, 3.63) is 88.8 Å². The Labute approximate surface area is 192 Å². The van der Waals surface area contributed by atoms with Crippen molar-refractivity contribution in [3.63, 3.8) is 0 Å². The summed E-state index contributed by atoms with van der Waals surface area (Å²) < 4.78 is 33.7. The van der Waals surface area contributed by atoms with E-state index < -0.39 is 10.0 Å². The lowest BCUT2D eigenvalue weighted by Crippen LogP contribution is -2.24. The second kappa shape index (κ2) is 9.24. The zero-order chi connectivity index (χ0) is 22.7. The van der Waals surface area contributed by atoms with E-state index in [1.54, 1.807) is 23.5 Å². The Bertz CT molecular complexity index is 1330. The van der Waals surface area contributed by atoms with Gasteiger partial charge in [-0.15, -0.1) is 11.3 Å². The second-order valence-corrected chi connectivity index (χ2v) is 10.1. The SMILES string of the molecule is COc1cc(C)c(C)cc1S(=O)(=O)NCc1ccc(-c2nc(-c3ccccc3)cs2)cc1. The smallest absolute Gasteiger partial charge is 0.244 e. The highest BCUT2D eigenvalue weighted by Gasteiger charge is 2.20. The first-order chi connectivity index (χ1) is 15.4. The molecule has 1 N–H and O–H groups in total. The van der Waals surface area contributed by atoms with Crippen LogP contribution in [0.25, 0.3) is 21.8 Å². The molecular weight excluding hydrogens is 440 g/mol. The molecule has 32 heavy (non-hydrogen) atoms. The summed E-state index contributed by atoms with van der Waals surface area (Å²) in [5, 5.41) is 2.97. The minimum absolute atomic E-state index is 0.149. The van der Waals surface area contributed by atoms with E-state index in [9.17, 15) is 8.42 Å². The molecule has 164 valence electrons. The van der Waals surface area contributed by atoms with E-state index in [2.05, 4.69) is 4.72 Å². The summed E-state index contributed by atoms with van der Waals surface area (Å²) in [6.07, 6.45) is 0. The van der Waals surface area contributed by atoms with Crippen molar-refractivity contribution >= 4 is 21.4 Å². The molecular formula is C25H24N2O3S2. The molecule has 7 heteroatoms. The van der Waals surface area contributed by atoms with Gasteiger partial charge in [-0.3, -0.25) is 0 Å². The average molecular weight is 465 g/mol. The third-order valence-corrected chi connectivity index (χ3v) is 7.62. The predicted molar refractivity (Wildman–Crippen MR) is 129 cm³/mol. The Kier molecular flexibility index (Phi) is 6.41. The van der Waals surface area contributed by atoms with Gasteiger partial charge in [0.05, 0.1) is 12.8 Å². The van der Waals surface area contributed by atoms with Crippen LogP contribution in [0.15, 0.2) is 77.0 Å². The number of methoxy groups -OCH3 is 1. The summed E-state index contributed by atoms with van der Waals surface area (Å²) in [6, 6.07) is 21.2. The van der Waals surface area contributed by atoms with Crippen molar-refractivity contribution in [2.24, 2.45) is 0 Å². The zero-order valence-electron chi connectivity index (χ0n) is 18.1. The third kappa shape index (κ3) is 4.75. The molecule has 5 nitrogen and oxygen atoms in total. The standard InChI is InChI=1S/C25H24N2O3S2/c1-17-13-23(30-3)24(14-18(17)2)32(28,29)26-15-19-9-11-21(12-10-19)25-27-22(16-31-25)20-7-5-4-6-8-20/h4-14,16,26H,15H2,1-3H3. The van der Waals surface area contributed by atoms with Gasteiger partial charge in [0.15, 0.2) is 0 Å². The average Bonchev–Trinajstić information content (AvgIpc) is 3.30. The molecule has 0 aliphatic heterocycles. The predicted octanol–water partition coefficient (Wildman–Crippen LogP) is 5.58. The van der Waals surface area contributed by atoms with Crippen LogP contribution in [0.5, 0.6) is 5.75 Å². The van der Waals surface area contributed by atoms with Crippen molar-refractivity contribution in [1.82, 2.24) is 9.71 Å². The molecule has 0 spiro atoms. The van der Waals surface area contributed by atoms with Crippen molar-refractivity contribution in [1.29, 1.82) is 0 Å². The van der Waals surface area contributed by atoms with Gasteiger partial charge in [0.25, 0.3) is 0 Å². The molecule has 0 saturated heterocycles. The maximum absolute atomic E-state index is 12.9. The first kappa shape index (κ1) is 22.2. The summed E-state index contributed by atoms with van der Waals surface area (Å²) in [5.74, 6) is 0.342. The highest BCUT2D eigenvalue weighted by Crippen LogP contribution is 2.30. The van der Waals surface area contributed by atoms with Gasteiger partial charge in [0.2, 0.25) is 10.0 Å². The molecule has 0 bridgehead atoms. The van der Waals surface area contributed by atoms with Crippen LogP contribution in [0.3, 0.4) is 0 Å². The maximum Gasteiger partial charge on any atom is 0.244 e. The number of ether oxygens (including phenoxy) is 1. The maximum atomic E-state index is 12.9. The highest BCUT2D eigenvalue weighted by atomic mass is 32.2. The van der Waals surface area contributed by atoms with Crippen LogP contribution >= 0.6 is 11.3 Å². The van der Waals surface area contributed by atoms with E-state index >= 15 is 0 Å². The molecule has 3 aromatic carbocycles. The largest absolute Gasteiger partial charge is 0.495 e. The minimum Gasteiger partial charge on any atom is -0.495 e. The molecule has 0 atom stereocenters. The fourth-order valence-corrected chi connectivity index (χ4v) is 5.39. The normalized spacial score (nSPS) is 11.5. The summed E-state index contributed by atoms with van der Waals surface area (Å²) in [6.45, 7) is 3.99. The minimum atomic E-state index is -3.72. The molecule has 4 rings (SSSR count). The van der Waals surface area contributed by atoms with E-state index in [-0.39, 0.29) is 11.4 Å². The van der Waals surface area contributed by atoms with Crippen molar-refractivity contribution in [3.8, 4) is 27.6 Å². The number of thiazole rings is 1. The van der Waals surface area contributed by atoms with Crippen LogP contribution in [-0.2, 0) is 16.6 Å². The quantitative estimate of drug-likeness (QED) is 0.388. The molecule has 0 saturated carbocycles. The molecule has 0 radical (unpaired) electrons. The molecule has 0 fully saturated rings. The van der Waals surface area contributed by atoms with E-state index in [4.69, 9.17) is 9.72 Å². The van der Waals surface area contributed by atoms with E-state index in [0.29, 0.717) is 5.75 Å². The monoisotopic (exact) mass is 464 g/mol. The Morgan fingerprint density at radius 1 is 0.938 bits per heavy atom. The van der Waals surface area contributed by atoms with Gasteiger partial charge in [-0.2, -0.15) is 0 Å². The lowest BCUT2D eigenvalue weighted by atomic mass is 10.1. The number of nitrogens with one attached hydrogen (secondary N) is 1. The number of aryl methyl sites for hydroxylation is 2. The van der Waals surface area contributed by atoms with Crippen LogP contribution in [0.1, 0.15) is 16.7 Å². The lowest BCUT2D eigenvalue weighted by Gasteiger charge is -2.13. The van der Waals surface area contributed by atoms with Gasteiger partial charge in [0, 0.05) is 23.1 Å². The van der Waals surface area contributed by atoms with Crippen LogP contribution in [0.2, 0.25) is 0 Å². The number of hydrogen-bond acceptors (Lipinski definition) is 5. The Morgan fingerprint density at radius 2 is 1.62 bits per heavy atom. The number of sulfonamides is 1. The van der Waals surface area contributed by atoms with Gasteiger partial charge in [-0.1, -0.05) is 54.6 Å². The van der Waals surface area contributed by atoms with Gasteiger partial charge >= 0.3 is 0 Å². The van der Waals surface area contributed by atoms with E-state index in [1.807, 2.05) is 73.8 Å². The lowest BCUT2D eigenvalue weighted by molar-refractivity contribution is 0.402. The van der Waals surface area contributed by atoms with E-state index in [0.717, 1.165) is 38.5 Å². The van der Waals surface area contributed by atoms with Crippen LogP contribution < -0.4 is 9.46 Å². The molecule has 1 aromatic heterocycles. The summed E-state index contributed by atoms with van der Waals surface area (Å²) in [4.78, 5) is 4.88. The summed E-state index contributed by atoms with van der Waals surface area (Å²) in [7, 11) is -2.24. The number of hydrogen-bond donors (Lipinski definition) is 1. The highest BCUT2D eigenvalue weighted by molar-refractivity contribution is 7.89. The number of benzene rings is 3. The van der Waals surface area contributed by atoms with Crippen molar-refractivity contribution < 1.29 is 13.2 Å². The zero-order valence-corrected chi connectivity index (χ0v) is 19.8. The second-order valence-electron chi connectivity index (χ2n) is 7.51. The van der Waals surface area contributed by atoms with Gasteiger partial charge < -0.3 is 4.74 Å². The van der Waals surface area contributed by atoms with Gasteiger partial charge in [-0.25, -0.2) is 18.1 Å². The first-order valence-corrected chi connectivity index (χ1v) is 12.5. The number of rotatable bonds is 7. The van der Waals surface area contributed by atoms with Gasteiger partial charge in [-0.05, 0) is 42.7 Å². The summed E-state index contributed by atoms with van der Waals surface area (Å²) >= 11 is 1.59. The third-order valence-electron chi connectivity index (χ3n) is 5.31. The molecule has 1 heterocycles. The van der Waals surface area contributed by atoms with Crippen LogP contribution in [0.4, 0.5) is 0 Å². The van der Waals surface area contributed by atoms with Crippen molar-refractivity contribution in [2.75, 3.05) is 7.11 Å². The van der Waals surface area contributed by atoms with Crippen LogP contribution in [-0.4, -0.2) is 20.5 Å². The van der Waals surface area contributed by atoms with Crippen molar-refractivity contribution in [2.45, 2.75) is 25.3 Å². The van der Waals surface area contributed by atoms with Gasteiger partial charge in [0.1, 0.15) is 15.7 Å². The van der Waals surface area contributed by atoms with E-state index in [1.165, 1.54) is 7.11 Å². The number of aromatic nitrogens is 1. The Morgan fingerprint density at radius 3 is 2.31 bits per heavy atom. The van der Waals surface area contributed by atoms with Crippen LogP contribution in [0, 0.1) is 13.8 Å². The topological polar surface area (TPSA) is 68.3 Å². The molecule has 4 aromatic rings. The molecule has 0 unspecified atom stereocenters. The molecule has 0 aliphatic rings. The first-order valence-electron chi connectivity index (χ1n) is 10.1. The number of nitrogens with zero attached hydrogens (tertiary/aromatic N) is 1. The fourth-order valence-electron chi connectivity index (χ4n) is 3.30. The fraction of sp³-hybridized carbons (Fsp3) is 0.160. The molecule has 0 aliphatic carbocycles. The Hall–Kier alpha value is -3.00. The Balaban J connectivity index is 1.48. The summed E-state index contributed by atoms with van der Waals surface area (Å²) in [5.41, 5.74) is 5.77.